The molecule has 0 amide bonds. The second kappa shape index (κ2) is 9.47. The van der Waals surface area contributed by atoms with Crippen LogP contribution in [0.4, 0.5) is 5.69 Å². The van der Waals surface area contributed by atoms with E-state index in [2.05, 4.69) is 25.9 Å². The van der Waals surface area contributed by atoms with Gasteiger partial charge in [-0.2, -0.15) is 5.26 Å². The largest absolute Gasteiger partial charge is 0.264 e. The van der Waals surface area contributed by atoms with Gasteiger partial charge in [-0.05, 0) is 23.8 Å². The fourth-order valence-corrected chi connectivity index (χ4v) is 5.08. The molecule has 0 saturated heterocycles. The number of thioether (sulfide) groups is 1. The van der Waals surface area contributed by atoms with Gasteiger partial charge in [-0.1, -0.05) is 53.2 Å². The highest BCUT2D eigenvalue weighted by Crippen LogP contribution is 2.42. The van der Waals surface area contributed by atoms with Crippen molar-refractivity contribution in [3.63, 3.8) is 0 Å². The van der Waals surface area contributed by atoms with Crippen molar-refractivity contribution in [3.8, 4) is 27.8 Å². The first-order chi connectivity index (χ1) is 15.1. The van der Waals surface area contributed by atoms with E-state index in [0.717, 1.165) is 16.3 Å². The van der Waals surface area contributed by atoms with Crippen molar-refractivity contribution in [2.75, 3.05) is 0 Å². The molecule has 150 valence electrons. The van der Waals surface area contributed by atoms with Crippen molar-refractivity contribution in [2.45, 2.75) is 10.8 Å². The summed E-state index contributed by atoms with van der Waals surface area (Å²) in [4.78, 5) is 16.6. The molecule has 4 rings (SSSR count). The third-order valence-electron chi connectivity index (χ3n) is 4.27. The number of thiazole rings is 1. The highest BCUT2D eigenvalue weighted by Gasteiger charge is 2.21. The summed E-state index contributed by atoms with van der Waals surface area (Å²) >= 11 is 15.2. The molecule has 0 saturated carbocycles. The van der Waals surface area contributed by atoms with Crippen LogP contribution in [0.1, 0.15) is 11.3 Å². The van der Waals surface area contributed by atoms with Gasteiger partial charge in [0, 0.05) is 39.7 Å². The maximum absolute atomic E-state index is 9.85. The molecule has 4 aromatic rings. The molecule has 5 nitrogen and oxygen atoms in total. The van der Waals surface area contributed by atoms with Crippen LogP contribution in [0.25, 0.3) is 26.5 Å². The average Bonchev–Trinajstić information content (AvgIpc) is 3.27. The molecule has 0 fully saturated rings. The quantitative estimate of drug-likeness (QED) is 0.171. The Kier molecular flexibility index (Phi) is 6.50. The topological polar surface area (TPSA) is 66.8 Å². The van der Waals surface area contributed by atoms with Gasteiger partial charge in [0.15, 0.2) is 0 Å². The highest BCUT2D eigenvalue weighted by atomic mass is 35.5. The van der Waals surface area contributed by atoms with E-state index in [9.17, 15) is 5.26 Å². The molecule has 0 bridgehead atoms. The van der Waals surface area contributed by atoms with E-state index >= 15 is 0 Å². The molecule has 1 aromatic carbocycles. The van der Waals surface area contributed by atoms with E-state index in [1.54, 1.807) is 24.5 Å². The number of rotatable bonds is 5. The molecular weight excluding hydrogens is 469 g/mol. The molecule has 3 heterocycles. The maximum Gasteiger partial charge on any atom is 0.232 e. The number of pyridine rings is 2. The number of benzene rings is 1. The summed E-state index contributed by atoms with van der Waals surface area (Å²) < 4.78 is 0. The second-order valence-electron chi connectivity index (χ2n) is 6.21. The van der Waals surface area contributed by atoms with Crippen LogP contribution in [-0.4, -0.2) is 15.0 Å². The monoisotopic (exact) mass is 479 g/mol. The summed E-state index contributed by atoms with van der Waals surface area (Å²) in [5.41, 5.74) is 3.41. The molecule has 0 atom stereocenters. The number of halogens is 2. The molecule has 0 spiro atoms. The lowest BCUT2D eigenvalue weighted by Crippen LogP contribution is -1.95. The standard InChI is InChI=1S/C22H11Cl2N5S2/c1-26-19-18(14-3-2-8-27-10-14)17(9-25)22(29-20(19)24)31-12-16-11-30-21(28-16)13-4-6-15(23)7-5-13/h2-8,10-11H,12H2. The fourth-order valence-electron chi connectivity index (χ4n) is 2.87. The molecule has 0 aliphatic carbocycles. The smallest absolute Gasteiger partial charge is 0.232 e. The summed E-state index contributed by atoms with van der Waals surface area (Å²) in [5, 5.41) is 13.9. The lowest BCUT2D eigenvalue weighted by Gasteiger charge is -2.12. The van der Waals surface area contributed by atoms with E-state index in [4.69, 9.17) is 29.8 Å². The summed E-state index contributed by atoms with van der Waals surface area (Å²) in [6.07, 6.45) is 3.24. The minimum absolute atomic E-state index is 0.0653. The summed E-state index contributed by atoms with van der Waals surface area (Å²) in [7, 11) is 0. The number of nitrogens with zero attached hydrogens (tertiary/aromatic N) is 5. The molecule has 0 radical (unpaired) electrons. The molecule has 0 N–H and O–H groups in total. The van der Waals surface area contributed by atoms with Crippen LogP contribution in [0.5, 0.6) is 0 Å². The van der Waals surface area contributed by atoms with Gasteiger partial charge in [0.05, 0.1) is 17.8 Å². The predicted molar refractivity (Wildman–Crippen MR) is 126 cm³/mol. The van der Waals surface area contributed by atoms with Crippen LogP contribution in [0.2, 0.25) is 10.2 Å². The van der Waals surface area contributed by atoms with Crippen LogP contribution in [0.3, 0.4) is 0 Å². The average molecular weight is 480 g/mol. The van der Waals surface area contributed by atoms with Gasteiger partial charge in [0.25, 0.3) is 0 Å². The van der Waals surface area contributed by atoms with Crippen molar-refractivity contribution in [1.29, 1.82) is 5.26 Å². The Morgan fingerprint density at radius 3 is 2.61 bits per heavy atom. The molecule has 0 aliphatic rings. The first kappa shape index (κ1) is 21.3. The van der Waals surface area contributed by atoms with Gasteiger partial charge in [0.2, 0.25) is 5.69 Å². The first-order valence-corrected chi connectivity index (χ1v) is 11.5. The Balaban J connectivity index is 1.65. The predicted octanol–water partition coefficient (Wildman–Crippen LogP) is 7.29. The SMILES string of the molecule is [C-]#[N+]c1c(Cl)nc(SCc2csc(-c3ccc(Cl)cc3)n2)c(C#N)c1-c1cccnc1. The molecule has 0 unspecified atom stereocenters. The van der Waals surface area contributed by atoms with Crippen LogP contribution in [-0.2, 0) is 5.75 Å². The van der Waals surface area contributed by atoms with Crippen molar-refractivity contribution in [1.82, 2.24) is 15.0 Å². The molecule has 9 heteroatoms. The second-order valence-corrected chi connectivity index (χ2v) is 8.83. The van der Waals surface area contributed by atoms with Crippen LogP contribution >= 0.6 is 46.3 Å². The van der Waals surface area contributed by atoms with Gasteiger partial charge in [-0.15, -0.1) is 11.3 Å². The third-order valence-corrected chi connectivity index (χ3v) is 6.73. The molecule has 31 heavy (non-hydrogen) atoms. The Labute approximate surface area is 197 Å². The van der Waals surface area contributed by atoms with Crippen LogP contribution < -0.4 is 0 Å². The van der Waals surface area contributed by atoms with Crippen molar-refractivity contribution >= 4 is 52.0 Å². The third kappa shape index (κ3) is 4.56. The normalized spacial score (nSPS) is 10.5. The van der Waals surface area contributed by atoms with Gasteiger partial charge in [-0.25, -0.2) is 14.8 Å². The zero-order chi connectivity index (χ0) is 21.8. The number of nitriles is 1. The summed E-state index contributed by atoms with van der Waals surface area (Å²) in [6.45, 7) is 7.50. The van der Waals surface area contributed by atoms with E-state index in [1.165, 1.54) is 23.1 Å². The van der Waals surface area contributed by atoms with Crippen LogP contribution in [0, 0.1) is 17.9 Å². The maximum atomic E-state index is 9.85. The molecular formula is C22H11Cl2N5S2. The number of hydrogen-bond donors (Lipinski definition) is 0. The Hall–Kier alpha value is -2.94. The van der Waals surface area contributed by atoms with E-state index in [0.29, 0.717) is 32.5 Å². The van der Waals surface area contributed by atoms with E-state index < -0.39 is 0 Å². The van der Waals surface area contributed by atoms with Crippen molar-refractivity contribution in [3.05, 3.63) is 87.0 Å². The van der Waals surface area contributed by atoms with Crippen molar-refractivity contribution < 1.29 is 0 Å². The fraction of sp³-hybridized carbons (Fsp3) is 0.0455. The molecule has 0 aliphatic heterocycles. The van der Waals surface area contributed by atoms with Gasteiger partial charge < -0.3 is 0 Å². The lowest BCUT2D eigenvalue weighted by atomic mass is 10.0. The van der Waals surface area contributed by atoms with E-state index in [1.807, 2.05) is 29.6 Å². The van der Waals surface area contributed by atoms with Gasteiger partial charge in [0.1, 0.15) is 21.3 Å². The highest BCUT2D eigenvalue weighted by molar-refractivity contribution is 7.98. The minimum atomic E-state index is 0.0653. The number of aromatic nitrogens is 3. The Bertz CT molecular complexity index is 1320. The first-order valence-electron chi connectivity index (χ1n) is 8.85. The lowest BCUT2D eigenvalue weighted by molar-refractivity contribution is 1.11. The Morgan fingerprint density at radius 1 is 1.13 bits per heavy atom. The number of hydrogen-bond acceptors (Lipinski definition) is 6. The zero-order valence-electron chi connectivity index (χ0n) is 15.7. The van der Waals surface area contributed by atoms with Crippen LogP contribution in [0.15, 0.2) is 59.2 Å². The van der Waals surface area contributed by atoms with Gasteiger partial charge >= 0.3 is 0 Å². The Morgan fingerprint density at radius 2 is 1.94 bits per heavy atom. The van der Waals surface area contributed by atoms with Crippen molar-refractivity contribution in [2.24, 2.45) is 0 Å². The summed E-state index contributed by atoms with van der Waals surface area (Å²) in [6, 6.07) is 13.3. The zero-order valence-corrected chi connectivity index (χ0v) is 18.9. The minimum Gasteiger partial charge on any atom is -0.264 e. The molecule has 3 aromatic heterocycles. The van der Waals surface area contributed by atoms with Gasteiger partial charge in [-0.3, -0.25) is 4.98 Å². The summed E-state index contributed by atoms with van der Waals surface area (Å²) in [5.74, 6) is 0.506. The van der Waals surface area contributed by atoms with E-state index in [-0.39, 0.29) is 10.8 Å².